The third-order valence-corrected chi connectivity index (χ3v) is 4.97. The van der Waals surface area contributed by atoms with Crippen molar-refractivity contribution >= 4 is 29.9 Å². The number of aromatic nitrogens is 4. The van der Waals surface area contributed by atoms with Gasteiger partial charge in [-0.2, -0.15) is 28.1 Å². The minimum absolute atomic E-state index is 0.121. The molecule has 3 heterocycles. The molecule has 1 unspecified atom stereocenters. The Balaban J connectivity index is 1.62. The van der Waals surface area contributed by atoms with E-state index < -0.39 is 11.7 Å². The van der Waals surface area contributed by atoms with E-state index in [-0.39, 0.29) is 17.8 Å². The van der Waals surface area contributed by atoms with Crippen LogP contribution in [0.3, 0.4) is 0 Å². The van der Waals surface area contributed by atoms with Gasteiger partial charge in [0.15, 0.2) is 5.82 Å². The van der Waals surface area contributed by atoms with Gasteiger partial charge in [0.2, 0.25) is 11.9 Å². The van der Waals surface area contributed by atoms with E-state index in [1.54, 1.807) is 24.5 Å². The number of aliphatic imine (C=N–C) groups is 1. The SMILES string of the molecule is CC1=CC(Nc2nc(/C=C/c3cccc(C(F)(F)F)c3)nc(NC(C)c3ccncc3)n2)=NC1. The number of anilines is 2. The van der Waals surface area contributed by atoms with Gasteiger partial charge in [-0.05, 0) is 67.0 Å². The van der Waals surface area contributed by atoms with Crippen LogP contribution in [0.2, 0.25) is 0 Å². The number of pyridine rings is 1. The zero-order valence-electron chi connectivity index (χ0n) is 18.5. The number of alkyl halides is 3. The van der Waals surface area contributed by atoms with Crippen molar-refractivity contribution in [3.8, 4) is 0 Å². The molecule has 0 saturated carbocycles. The number of rotatable bonds is 6. The van der Waals surface area contributed by atoms with E-state index in [0.29, 0.717) is 23.9 Å². The van der Waals surface area contributed by atoms with Crippen molar-refractivity contribution in [2.45, 2.75) is 26.1 Å². The highest BCUT2D eigenvalue weighted by atomic mass is 19.4. The van der Waals surface area contributed by atoms with E-state index in [0.717, 1.165) is 23.3 Å². The number of hydrogen-bond acceptors (Lipinski definition) is 7. The minimum atomic E-state index is -4.41. The van der Waals surface area contributed by atoms with Gasteiger partial charge in [-0.15, -0.1) is 0 Å². The summed E-state index contributed by atoms with van der Waals surface area (Å²) in [5, 5.41) is 6.30. The van der Waals surface area contributed by atoms with Gasteiger partial charge in [-0.1, -0.05) is 18.2 Å². The lowest BCUT2D eigenvalue weighted by molar-refractivity contribution is -0.137. The van der Waals surface area contributed by atoms with E-state index in [1.165, 1.54) is 12.1 Å². The monoisotopic (exact) mass is 465 g/mol. The second-order valence-electron chi connectivity index (χ2n) is 7.76. The third kappa shape index (κ3) is 6.03. The number of nitrogens with one attached hydrogen (secondary N) is 2. The van der Waals surface area contributed by atoms with Crippen molar-refractivity contribution < 1.29 is 13.2 Å². The fraction of sp³-hybridized carbons (Fsp3) is 0.208. The molecule has 0 amide bonds. The summed E-state index contributed by atoms with van der Waals surface area (Å²) in [5.41, 5.74) is 1.75. The first-order chi connectivity index (χ1) is 16.3. The number of benzene rings is 1. The molecule has 34 heavy (non-hydrogen) atoms. The molecule has 0 bridgehead atoms. The molecule has 174 valence electrons. The summed E-state index contributed by atoms with van der Waals surface area (Å²) in [4.78, 5) is 21.6. The molecule has 4 rings (SSSR count). The first-order valence-electron chi connectivity index (χ1n) is 10.5. The lowest BCUT2D eigenvalue weighted by atomic mass is 10.1. The van der Waals surface area contributed by atoms with Gasteiger partial charge in [0.25, 0.3) is 0 Å². The fourth-order valence-corrected chi connectivity index (χ4v) is 3.23. The predicted molar refractivity (Wildman–Crippen MR) is 126 cm³/mol. The van der Waals surface area contributed by atoms with E-state index in [4.69, 9.17) is 0 Å². The lowest BCUT2D eigenvalue weighted by Gasteiger charge is -2.15. The van der Waals surface area contributed by atoms with Crippen LogP contribution in [0.25, 0.3) is 12.2 Å². The van der Waals surface area contributed by atoms with Crippen LogP contribution in [-0.4, -0.2) is 32.3 Å². The van der Waals surface area contributed by atoms with E-state index in [1.807, 2.05) is 32.1 Å². The van der Waals surface area contributed by atoms with Gasteiger partial charge in [0.05, 0.1) is 18.2 Å². The minimum Gasteiger partial charge on any atom is -0.348 e. The first-order valence-corrected chi connectivity index (χ1v) is 10.5. The Morgan fingerprint density at radius 2 is 1.76 bits per heavy atom. The maximum atomic E-state index is 13.0. The lowest BCUT2D eigenvalue weighted by Crippen LogP contribution is -2.15. The van der Waals surface area contributed by atoms with E-state index >= 15 is 0 Å². The zero-order chi connectivity index (χ0) is 24.1. The van der Waals surface area contributed by atoms with E-state index in [2.05, 4.69) is 35.6 Å². The fourth-order valence-electron chi connectivity index (χ4n) is 3.23. The van der Waals surface area contributed by atoms with Crippen LogP contribution in [0.1, 0.15) is 42.4 Å². The van der Waals surface area contributed by atoms with E-state index in [9.17, 15) is 13.2 Å². The zero-order valence-corrected chi connectivity index (χ0v) is 18.5. The number of hydrogen-bond donors (Lipinski definition) is 2. The molecule has 0 saturated heterocycles. The van der Waals surface area contributed by atoms with Gasteiger partial charge in [-0.25, -0.2) is 0 Å². The summed E-state index contributed by atoms with van der Waals surface area (Å²) in [5.74, 6) is 1.49. The summed E-state index contributed by atoms with van der Waals surface area (Å²) in [6.45, 7) is 4.52. The van der Waals surface area contributed by atoms with Crippen molar-refractivity contribution in [1.82, 2.24) is 19.9 Å². The van der Waals surface area contributed by atoms with Crippen LogP contribution in [0.15, 0.2) is 65.4 Å². The Kier molecular flexibility index (Phi) is 6.67. The number of nitrogens with zero attached hydrogens (tertiary/aromatic N) is 5. The van der Waals surface area contributed by atoms with Crippen molar-refractivity contribution in [3.63, 3.8) is 0 Å². The molecule has 1 aliphatic heterocycles. The summed E-state index contributed by atoms with van der Waals surface area (Å²) in [6.07, 6.45) is 3.95. The maximum absolute atomic E-state index is 13.0. The Hall–Kier alpha value is -4.08. The van der Waals surface area contributed by atoms with Crippen molar-refractivity contribution in [2.75, 3.05) is 17.2 Å². The first kappa shape index (κ1) is 23.1. The second-order valence-corrected chi connectivity index (χ2v) is 7.76. The van der Waals surface area contributed by atoms with Crippen molar-refractivity contribution in [3.05, 3.63) is 83.0 Å². The average Bonchev–Trinajstić information content (AvgIpc) is 3.22. The normalized spacial score (nSPS) is 14.6. The summed E-state index contributed by atoms with van der Waals surface area (Å²) < 4.78 is 39.1. The molecule has 2 N–H and O–H groups in total. The largest absolute Gasteiger partial charge is 0.416 e. The highest BCUT2D eigenvalue weighted by Gasteiger charge is 2.30. The quantitative estimate of drug-likeness (QED) is 0.507. The van der Waals surface area contributed by atoms with Crippen molar-refractivity contribution in [1.29, 1.82) is 0 Å². The van der Waals surface area contributed by atoms with Crippen LogP contribution in [0.4, 0.5) is 25.1 Å². The molecule has 0 aliphatic carbocycles. The highest BCUT2D eigenvalue weighted by Crippen LogP contribution is 2.30. The molecular formula is C24H22F3N7. The predicted octanol–water partition coefficient (Wildman–Crippen LogP) is 5.40. The van der Waals surface area contributed by atoms with Gasteiger partial charge >= 0.3 is 6.18 Å². The smallest absolute Gasteiger partial charge is 0.348 e. The summed E-state index contributed by atoms with van der Waals surface area (Å²) in [6, 6.07) is 8.69. The Morgan fingerprint density at radius 3 is 2.47 bits per heavy atom. The van der Waals surface area contributed by atoms with Crippen LogP contribution < -0.4 is 10.6 Å². The van der Waals surface area contributed by atoms with Gasteiger partial charge in [-0.3, -0.25) is 9.98 Å². The Labute approximate surface area is 194 Å². The van der Waals surface area contributed by atoms with Gasteiger partial charge in [0.1, 0.15) is 5.84 Å². The highest BCUT2D eigenvalue weighted by molar-refractivity contribution is 6.04. The molecule has 0 radical (unpaired) electrons. The van der Waals surface area contributed by atoms with Crippen LogP contribution in [0, 0.1) is 0 Å². The standard InChI is InChI=1S/C24H22F3N7/c1-15-12-21(29-14-15)33-23-32-20(7-6-17-4-3-5-19(13-17)24(25,26)27)31-22(34-23)30-16(2)18-8-10-28-11-9-18/h3-13,16H,14H2,1-2H3,(H2,29,30,31,32,33,34)/b7-6+. The number of amidine groups is 1. The van der Waals surface area contributed by atoms with Crippen LogP contribution in [-0.2, 0) is 6.18 Å². The molecule has 1 aliphatic rings. The molecule has 3 aromatic rings. The Bertz CT molecular complexity index is 1250. The molecule has 1 atom stereocenters. The topological polar surface area (TPSA) is 88.0 Å². The second kappa shape index (κ2) is 9.82. The Morgan fingerprint density at radius 1 is 1.00 bits per heavy atom. The van der Waals surface area contributed by atoms with Gasteiger partial charge in [0, 0.05) is 12.4 Å². The molecule has 0 spiro atoms. The molecule has 1 aromatic carbocycles. The van der Waals surface area contributed by atoms with Crippen LogP contribution >= 0.6 is 0 Å². The third-order valence-electron chi connectivity index (χ3n) is 4.97. The van der Waals surface area contributed by atoms with Crippen LogP contribution in [0.5, 0.6) is 0 Å². The number of halogens is 3. The molecular weight excluding hydrogens is 443 g/mol. The van der Waals surface area contributed by atoms with Crippen molar-refractivity contribution in [2.24, 2.45) is 4.99 Å². The van der Waals surface area contributed by atoms with Gasteiger partial charge < -0.3 is 10.6 Å². The molecule has 2 aromatic heterocycles. The summed E-state index contributed by atoms with van der Waals surface area (Å²) >= 11 is 0. The molecule has 0 fully saturated rings. The summed E-state index contributed by atoms with van der Waals surface area (Å²) in [7, 11) is 0. The molecule has 10 heteroatoms. The maximum Gasteiger partial charge on any atom is 0.416 e. The molecule has 7 nitrogen and oxygen atoms in total. The average molecular weight is 465 g/mol.